The summed E-state index contributed by atoms with van der Waals surface area (Å²) in [5, 5.41) is 18.0. The Bertz CT molecular complexity index is 740. The first kappa shape index (κ1) is 17.4. The number of nitrogens with one attached hydrogen (secondary N) is 1. The number of carbonyl (C=O) groups excluding carboxylic acids is 1. The van der Waals surface area contributed by atoms with Gasteiger partial charge in [0.1, 0.15) is 5.76 Å². The SMILES string of the molecule is O=C(/C=C/c1ccc2c(c1)CCC2N(CCO)Cc1ccco1)NO. The number of hydrogen-bond acceptors (Lipinski definition) is 5. The highest BCUT2D eigenvalue weighted by Gasteiger charge is 2.28. The highest BCUT2D eigenvalue weighted by molar-refractivity contribution is 5.90. The van der Waals surface area contributed by atoms with Gasteiger partial charge in [-0.25, -0.2) is 5.48 Å². The van der Waals surface area contributed by atoms with Gasteiger partial charge in [0.05, 0.1) is 19.4 Å². The molecule has 3 N–H and O–H groups in total. The molecule has 6 nitrogen and oxygen atoms in total. The number of carbonyl (C=O) groups is 1. The lowest BCUT2D eigenvalue weighted by Gasteiger charge is -2.28. The van der Waals surface area contributed by atoms with Crippen LogP contribution in [0.4, 0.5) is 0 Å². The Kier molecular flexibility index (Phi) is 5.65. The Morgan fingerprint density at radius 3 is 3.00 bits per heavy atom. The van der Waals surface area contributed by atoms with Gasteiger partial charge < -0.3 is 9.52 Å². The normalized spacial score (nSPS) is 16.5. The van der Waals surface area contributed by atoms with E-state index in [0.29, 0.717) is 13.1 Å². The molecule has 1 unspecified atom stereocenters. The van der Waals surface area contributed by atoms with Gasteiger partial charge in [-0.3, -0.25) is 14.9 Å². The van der Waals surface area contributed by atoms with Crippen molar-refractivity contribution >= 4 is 12.0 Å². The second kappa shape index (κ2) is 8.11. The molecule has 1 aromatic heterocycles. The monoisotopic (exact) mass is 342 g/mol. The number of furan rings is 1. The predicted octanol–water partition coefficient (Wildman–Crippen LogP) is 2.28. The summed E-state index contributed by atoms with van der Waals surface area (Å²) in [7, 11) is 0. The van der Waals surface area contributed by atoms with Gasteiger partial charge in [-0.2, -0.15) is 0 Å². The summed E-state index contributed by atoms with van der Waals surface area (Å²) in [5.74, 6) is 0.336. The van der Waals surface area contributed by atoms with Crippen molar-refractivity contribution in [3.05, 3.63) is 65.1 Å². The van der Waals surface area contributed by atoms with Crippen LogP contribution in [0.2, 0.25) is 0 Å². The number of aliphatic hydroxyl groups excluding tert-OH is 1. The quantitative estimate of drug-likeness (QED) is 0.408. The number of aryl methyl sites for hydroxylation is 1. The van der Waals surface area contributed by atoms with Crippen molar-refractivity contribution in [3.8, 4) is 0 Å². The minimum Gasteiger partial charge on any atom is -0.468 e. The van der Waals surface area contributed by atoms with Crippen molar-refractivity contribution in [3.63, 3.8) is 0 Å². The van der Waals surface area contributed by atoms with E-state index in [1.54, 1.807) is 17.8 Å². The summed E-state index contributed by atoms with van der Waals surface area (Å²) in [4.78, 5) is 13.3. The average Bonchev–Trinajstić information content (AvgIpc) is 3.28. The van der Waals surface area contributed by atoms with Crippen LogP contribution in [-0.4, -0.2) is 34.3 Å². The van der Waals surface area contributed by atoms with Crippen LogP contribution in [0.25, 0.3) is 6.08 Å². The summed E-state index contributed by atoms with van der Waals surface area (Å²) < 4.78 is 5.45. The number of hydrogen-bond donors (Lipinski definition) is 3. The zero-order valence-corrected chi connectivity index (χ0v) is 13.9. The van der Waals surface area contributed by atoms with Crippen molar-refractivity contribution in [2.24, 2.45) is 0 Å². The van der Waals surface area contributed by atoms with Gasteiger partial charge in [-0.05, 0) is 47.7 Å². The van der Waals surface area contributed by atoms with Crippen molar-refractivity contribution in [2.45, 2.75) is 25.4 Å². The summed E-state index contributed by atoms with van der Waals surface area (Å²) >= 11 is 0. The number of fused-ring (bicyclic) bond motifs is 1. The molecule has 0 aliphatic heterocycles. The van der Waals surface area contributed by atoms with Crippen LogP contribution in [0, 0.1) is 0 Å². The molecule has 1 aliphatic rings. The fourth-order valence-electron chi connectivity index (χ4n) is 3.38. The smallest absolute Gasteiger partial charge is 0.267 e. The van der Waals surface area contributed by atoms with E-state index in [2.05, 4.69) is 17.0 Å². The molecule has 1 heterocycles. The number of nitrogens with zero attached hydrogens (tertiary/aromatic N) is 1. The number of hydroxylamine groups is 1. The average molecular weight is 342 g/mol. The van der Waals surface area contributed by atoms with Crippen LogP contribution in [0.3, 0.4) is 0 Å². The van der Waals surface area contributed by atoms with E-state index in [1.807, 2.05) is 18.2 Å². The van der Waals surface area contributed by atoms with Crippen molar-refractivity contribution < 1.29 is 19.5 Å². The van der Waals surface area contributed by atoms with Crippen LogP contribution >= 0.6 is 0 Å². The largest absolute Gasteiger partial charge is 0.468 e. The van der Waals surface area contributed by atoms with E-state index < -0.39 is 5.91 Å². The third-order valence-electron chi connectivity index (χ3n) is 4.52. The third-order valence-corrected chi connectivity index (χ3v) is 4.52. The molecule has 0 saturated heterocycles. The van der Waals surface area contributed by atoms with E-state index in [9.17, 15) is 9.90 Å². The van der Waals surface area contributed by atoms with E-state index in [0.717, 1.165) is 24.2 Å². The van der Waals surface area contributed by atoms with Crippen LogP contribution in [0.1, 0.15) is 34.9 Å². The molecule has 0 radical (unpaired) electrons. The first-order chi connectivity index (χ1) is 12.2. The fourth-order valence-corrected chi connectivity index (χ4v) is 3.38. The zero-order chi connectivity index (χ0) is 17.6. The molecule has 0 fully saturated rings. The molecule has 2 aromatic rings. The predicted molar refractivity (Wildman–Crippen MR) is 92.7 cm³/mol. The Hall–Kier alpha value is -2.41. The highest BCUT2D eigenvalue weighted by Crippen LogP contribution is 2.37. The molecule has 0 saturated carbocycles. The van der Waals surface area contributed by atoms with E-state index >= 15 is 0 Å². The van der Waals surface area contributed by atoms with Gasteiger partial charge in [0.2, 0.25) is 0 Å². The molecule has 3 rings (SSSR count). The maximum atomic E-state index is 11.1. The fraction of sp³-hybridized carbons (Fsp3) is 0.316. The number of rotatable bonds is 7. The van der Waals surface area contributed by atoms with Crippen LogP contribution in [0.5, 0.6) is 0 Å². The van der Waals surface area contributed by atoms with Gasteiger partial charge in [0.15, 0.2) is 0 Å². The summed E-state index contributed by atoms with van der Waals surface area (Å²) in [6, 6.07) is 10.2. The number of aliphatic hydroxyl groups is 1. The second-order valence-electron chi connectivity index (χ2n) is 6.10. The minimum absolute atomic E-state index is 0.101. The molecule has 0 spiro atoms. The van der Waals surface area contributed by atoms with Crippen molar-refractivity contribution in [1.29, 1.82) is 0 Å². The molecular weight excluding hydrogens is 320 g/mol. The highest BCUT2D eigenvalue weighted by atomic mass is 16.5. The lowest BCUT2D eigenvalue weighted by molar-refractivity contribution is -0.124. The lowest BCUT2D eigenvalue weighted by Crippen LogP contribution is -2.29. The molecule has 1 aliphatic carbocycles. The Morgan fingerprint density at radius 1 is 1.40 bits per heavy atom. The standard InChI is InChI=1S/C19H22N2O4/c22-10-9-21(13-16-2-1-11-25-16)18-7-5-15-12-14(3-6-17(15)18)4-8-19(23)20-24/h1-4,6,8,11-12,18,22,24H,5,7,9-10,13H2,(H,20,23)/b8-4+. The molecule has 132 valence electrons. The molecule has 6 heteroatoms. The van der Waals surface area contributed by atoms with E-state index in [1.165, 1.54) is 17.2 Å². The first-order valence-corrected chi connectivity index (χ1v) is 8.33. The van der Waals surface area contributed by atoms with Gasteiger partial charge in [0, 0.05) is 18.7 Å². The van der Waals surface area contributed by atoms with Crippen LogP contribution in [-0.2, 0) is 17.8 Å². The maximum Gasteiger partial charge on any atom is 0.267 e. The van der Waals surface area contributed by atoms with Crippen LogP contribution < -0.4 is 5.48 Å². The zero-order valence-electron chi connectivity index (χ0n) is 13.9. The molecule has 0 bridgehead atoms. The van der Waals surface area contributed by atoms with Gasteiger partial charge in [0.25, 0.3) is 5.91 Å². The summed E-state index contributed by atoms with van der Waals surface area (Å²) in [6.07, 6.45) is 6.57. The van der Waals surface area contributed by atoms with Crippen molar-refractivity contribution in [1.82, 2.24) is 10.4 Å². The third kappa shape index (κ3) is 4.17. The Morgan fingerprint density at radius 2 is 2.28 bits per heavy atom. The van der Waals surface area contributed by atoms with Crippen LogP contribution in [0.15, 0.2) is 47.1 Å². The lowest BCUT2D eigenvalue weighted by atomic mass is 10.0. The van der Waals surface area contributed by atoms with Gasteiger partial charge in [-0.1, -0.05) is 18.2 Å². The number of benzene rings is 1. The molecule has 1 aromatic carbocycles. The van der Waals surface area contributed by atoms with Gasteiger partial charge in [-0.15, -0.1) is 0 Å². The maximum absolute atomic E-state index is 11.1. The van der Waals surface area contributed by atoms with Crippen molar-refractivity contribution in [2.75, 3.05) is 13.2 Å². The first-order valence-electron chi connectivity index (χ1n) is 8.33. The van der Waals surface area contributed by atoms with E-state index in [-0.39, 0.29) is 12.6 Å². The Balaban J connectivity index is 1.77. The summed E-state index contributed by atoms with van der Waals surface area (Å²) in [6.45, 7) is 1.35. The van der Waals surface area contributed by atoms with Gasteiger partial charge >= 0.3 is 0 Å². The summed E-state index contributed by atoms with van der Waals surface area (Å²) in [5.41, 5.74) is 5.00. The number of amides is 1. The molecule has 1 amide bonds. The Labute approximate surface area is 146 Å². The minimum atomic E-state index is -0.550. The van der Waals surface area contributed by atoms with E-state index in [4.69, 9.17) is 9.62 Å². The molecular formula is C19H22N2O4. The molecule has 1 atom stereocenters. The molecule has 25 heavy (non-hydrogen) atoms. The second-order valence-corrected chi connectivity index (χ2v) is 6.10. The topological polar surface area (TPSA) is 85.9 Å².